The van der Waals surface area contributed by atoms with Gasteiger partial charge in [-0.3, -0.25) is 9.59 Å². The van der Waals surface area contributed by atoms with Crippen molar-refractivity contribution < 1.29 is 14.7 Å². The van der Waals surface area contributed by atoms with E-state index in [0.29, 0.717) is 40.7 Å². The monoisotopic (exact) mass is 355 g/mol. The van der Waals surface area contributed by atoms with Gasteiger partial charge >= 0.3 is 5.97 Å². The molecule has 1 amide bonds. The molecule has 122 valence electrons. The minimum absolute atomic E-state index is 0.100. The van der Waals surface area contributed by atoms with Crippen molar-refractivity contribution in [3.05, 3.63) is 46.2 Å². The summed E-state index contributed by atoms with van der Waals surface area (Å²) >= 11 is 12.0. The van der Waals surface area contributed by atoms with Gasteiger partial charge in [0.25, 0.3) is 5.91 Å². The molecule has 0 spiro atoms. The van der Waals surface area contributed by atoms with E-state index in [0.717, 1.165) is 0 Å². The molecule has 0 atom stereocenters. The van der Waals surface area contributed by atoms with Crippen LogP contribution in [-0.2, 0) is 4.79 Å². The minimum Gasteiger partial charge on any atom is -0.481 e. The Bertz CT molecular complexity index is 716. The Balaban J connectivity index is 1.93. The van der Waals surface area contributed by atoms with Gasteiger partial charge in [0.2, 0.25) is 0 Å². The molecule has 0 fully saturated rings. The lowest BCUT2D eigenvalue weighted by molar-refractivity contribution is -0.137. The molecule has 0 aliphatic rings. The normalized spacial score (nSPS) is 10.5. The Morgan fingerprint density at radius 2 is 2.04 bits per heavy atom. The summed E-state index contributed by atoms with van der Waals surface area (Å²) in [6.07, 6.45) is 4.24. The van der Waals surface area contributed by atoms with Crippen LogP contribution in [0.15, 0.2) is 30.6 Å². The summed E-state index contributed by atoms with van der Waals surface area (Å²) in [6.45, 7) is 0.416. The van der Waals surface area contributed by atoms with Gasteiger partial charge in [0, 0.05) is 24.2 Å². The van der Waals surface area contributed by atoms with Crippen LogP contribution in [0.3, 0.4) is 0 Å². The summed E-state index contributed by atoms with van der Waals surface area (Å²) in [6, 6.07) is 5.00. The summed E-state index contributed by atoms with van der Waals surface area (Å²) in [5, 5.41) is 16.3. The van der Waals surface area contributed by atoms with E-state index in [2.05, 4.69) is 10.4 Å². The van der Waals surface area contributed by atoms with E-state index in [1.54, 1.807) is 24.4 Å². The van der Waals surface area contributed by atoms with Crippen LogP contribution >= 0.6 is 23.2 Å². The Labute approximate surface area is 143 Å². The zero-order chi connectivity index (χ0) is 16.8. The molecule has 2 N–H and O–H groups in total. The van der Waals surface area contributed by atoms with E-state index < -0.39 is 5.97 Å². The molecule has 6 nitrogen and oxygen atoms in total. The van der Waals surface area contributed by atoms with Gasteiger partial charge in [0.15, 0.2) is 0 Å². The highest BCUT2D eigenvalue weighted by atomic mass is 35.5. The van der Waals surface area contributed by atoms with Gasteiger partial charge in [-0.25, -0.2) is 4.68 Å². The topological polar surface area (TPSA) is 84.2 Å². The zero-order valence-corrected chi connectivity index (χ0v) is 13.6. The van der Waals surface area contributed by atoms with E-state index in [9.17, 15) is 9.59 Å². The smallest absolute Gasteiger partial charge is 0.303 e. The van der Waals surface area contributed by atoms with Crippen LogP contribution < -0.4 is 5.32 Å². The number of rotatable bonds is 7. The average Bonchev–Trinajstić information content (AvgIpc) is 2.96. The first-order valence-electron chi connectivity index (χ1n) is 6.97. The number of nitrogens with zero attached hydrogens (tertiary/aromatic N) is 2. The number of unbranched alkanes of at least 4 members (excludes halogenated alkanes) is 1. The number of carbonyl (C=O) groups excluding carboxylic acids is 1. The van der Waals surface area contributed by atoms with Gasteiger partial charge in [0.1, 0.15) is 0 Å². The molecule has 0 aliphatic heterocycles. The van der Waals surface area contributed by atoms with Crippen molar-refractivity contribution in [3.8, 4) is 5.69 Å². The highest BCUT2D eigenvalue weighted by Gasteiger charge is 2.11. The number of carboxylic acid groups (broad SMARTS) is 1. The molecule has 0 aliphatic carbocycles. The van der Waals surface area contributed by atoms with Gasteiger partial charge in [-0.2, -0.15) is 5.10 Å². The number of hydrogen-bond acceptors (Lipinski definition) is 3. The van der Waals surface area contributed by atoms with Crippen LogP contribution in [0.25, 0.3) is 5.69 Å². The molecule has 1 heterocycles. The van der Waals surface area contributed by atoms with Crippen molar-refractivity contribution in [1.29, 1.82) is 0 Å². The Morgan fingerprint density at radius 1 is 1.26 bits per heavy atom. The lowest BCUT2D eigenvalue weighted by atomic mass is 10.2. The molecule has 23 heavy (non-hydrogen) atoms. The minimum atomic E-state index is -0.836. The summed E-state index contributed by atoms with van der Waals surface area (Å²) in [7, 11) is 0. The number of halogens is 2. The Morgan fingerprint density at radius 3 is 2.74 bits per heavy atom. The van der Waals surface area contributed by atoms with Gasteiger partial charge in [0.05, 0.1) is 22.5 Å². The number of amides is 1. The van der Waals surface area contributed by atoms with Crippen LogP contribution in [0, 0.1) is 0 Å². The molecule has 0 unspecified atom stereocenters. The van der Waals surface area contributed by atoms with Gasteiger partial charge in [-0.15, -0.1) is 0 Å². The largest absolute Gasteiger partial charge is 0.481 e. The van der Waals surface area contributed by atoms with Crippen molar-refractivity contribution >= 4 is 35.1 Å². The van der Waals surface area contributed by atoms with E-state index >= 15 is 0 Å². The van der Waals surface area contributed by atoms with E-state index in [-0.39, 0.29) is 12.3 Å². The highest BCUT2D eigenvalue weighted by Crippen LogP contribution is 2.24. The summed E-state index contributed by atoms with van der Waals surface area (Å²) in [5.41, 5.74) is 1.02. The number of carboxylic acids is 1. The molecule has 1 aromatic heterocycles. The Kier molecular flexibility index (Phi) is 6.01. The third-order valence-corrected chi connectivity index (χ3v) is 3.64. The molecule has 8 heteroatoms. The second-order valence-corrected chi connectivity index (χ2v) is 5.72. The quantitative estimate of drug-likeness (QED) is 0.747. The van der Waals surface area contributed by atoms with Crippen LogP contribution in [0.5, 0.6) is 0 Å². The third-order valence-electron chi connectivity index (χ3n) is 3.10. The van der Waals surface area contributed by atoms with Crippen LogP contribution in [0.4, 0.5) is 0 Å². The van der Waals surface area contributed by atoms with Crippen LogP contribution in [0.2, 0.25) is 10.0 Å². The molecule has 0 radical (unpaired) electrons. The number of carbonyl (C=O) groups is 2. The van der Waals surface area contributed by atoms with Crippen molar-refractivity contribution in [2.45, 2.75) is 19.3 Å². The predicted octanol–water partition coefficient (Wildman–Crippen LogP) is 3.16. The summed E-state index contributed by atoms with van der Waals surface area (Å²) in [5.74, 6) is -1.10. The first kappa shape index (κ1) is 17.3. The summed E-state index contributed by atoms with van der Waals surface area (Å²) < 4.78 is 1.50. The number of hydrogen-bond donors (Lipinski definition) is 2. The van der Waals surface area contributed by atoms with Crippen molar-refractivity contribution in [3.63, 3.8) is 0 Å². The maximum atomic E-state index is 12.0. The predicted molar refractivity (Wildman–Crippen MR) is 87.4 cm³/mol. The van der Waals surface area contributed by atoms with Crippen molar-refractivity contribution in [2.75, 3.05) is 6.54 Å². The fraction of sp³-hybridized carbons (Fsp3) is 0.267. The molecular formula is C15H15Cl2N3O3. The van der Waals surface area contributed by atoms with Crippen LogP contribution in [0.1, 0.15) is 29.6 Å². The van der Waals surface area contributed by atoms with Gasteiger partial charge in [-0.1, -0.05) is 23.2 Å². The molecule has 1 aromatic carbocycles. The number of aromatic nitrogens is 2. The summed E-state index contributed by atoms with van der Waals surface area (Å²) in [4.78, 5) is 22.4. The van der Waals surface area contributed by atoms with Crippen LogP contribution in [-0.4, -0.2) is 33.3 Å². The Hall–Kier alpha value is -2.05. The van der Waals surface area contributed by atoms with E-state index in [1.165, 1.54) is 10.9 Å². The maximum Gasteiger partial charge on any atom is 0.303 e. The van der Waals surface area contributed by atoms with Gasteiger partial charge in [-0.05, 0) is 31.0 Å². The van der Waals surface area contributed by atoms with Crippen molar-refractivity contribution in [1.82, 2.24) is 15.1 Å². The lowest BCUT2D eigenvalue weighted by Gasteiger charge is -2.04. The molecule has 2 aromatic rings. The number of benzene rings is 1. The molecule has 0 bridgehead atoms. The standard InChI is InChI=1S/C15H15Cl2N3O3/c16-11-4-5-13(12(17)7-11)20-9-10(8-19-20)15(23)18-6-2-1-3-14(21)22/h4-5,7-9H,1-3,6H2,(H,18,23)(H,21,22). The molecule has 2 rings (SSSR count). The second kappa shape index (κ2) is 7.99. The SMILES string of the molecule is O=C(O)CCCCNC(=O)c1cnn(-c2ccc(Cl)cc2Cl)c1. The van der Waals surface area contributed by atoms with Gasteiger partial charge < -0.3 is 10.4 Å². The third kappa shape index (κ3) is 4.97. The number of aliphatic carboxylic acids is 1. The molecule has 0 saturated carbocycles. The fourth-order valence-corrected chi connectivity index (χ4v) is 2.44. The highest BCUT2D eigenvalue weighted by molar-refractivity contribution is 6.35. The maximum absolute atomic E-state index is 12.0. The number of nitrogens with one attached hydrogen (secondary N) is 1. The van der Waals surface area contributed by atoms with E-state index in [4.69, 9.17) is 28.3 Å². The fourth-order valence-electron chi connectivity index (χ4n) is 1.94. The van der Waals surface area contributed by atoms with Crippen molar-refractivity contribution in [2.24, 2.45) is 0 Å². The van der Waals surface area contributed by atoms with E-state index in [1.807, 2.05) is 0 Å². The molecular weight excluding hydrogens is 341 g/mol. The first-order chi connectivity index (χ1) is 11.0. The second-order valence-electron chi connectivity index (χ2n) is 4.88. The average molecular weight is 356 g/mol. The lowest BCUT2D eigenvalue weighted by Crippen LogP contribution is -2.24. The molecule has 0 saturated heterocycles. The zero-order valence-electron chi connectivity index (χ0n) is 12.1. The first-order valence-corrected chi connectivity index (χ1v) is 7.73.